The molecule has 1 heterocycles. The summed E-state index contributed by atoms with van der Waals surface area (Å²) < 4.78 is 13.4. The van der Waals surface area contributed by atoms with E-state index in [2.05, 4.69) is 10.3 Å². The van der Waals surface area contributed by atoms with Gasteiger partial charge in [0.1, 0.15) is 11.1 Å². The molecule has 0 radical (unpaired) electrons. The highest BCUT2D eigenvalue weighted by Gasteiger charge is 2.38. The Hall–Kier alpha value is -2.38. The van der Waals surface area contributed by atoms with Crippen LogP contribution in [-0.4, -0.2) is 33.7 Å². The van der Waals surface area contributed by atoms with E-state index in [0.29, 0.717) is 23.1 Å². The third kappa shape index (κ3) is 4.91. The van der Waals surface area contributed by atoms with Gasteiger partial charge in [0.05, 0.1) is 10.7 Å². The highest BCUT2D eigenvalue weighted by Crippen LogP contribution is 2.32. The fourth-order valence-electron chi connectivity index (χ4n) is 2.72. The Labute approximate surface area is 172 Å². The van der Waals surface area contributed by atoms with E-state index in [9.17, 15) is 14.0 Å². The van der Waals surface area contributed by atoms with Gasteiger partial charge in [-0.25, -0.2) is 9.38 Å². The Kier molecular flexibility index (Phi) is 6.70. The molecule has 28 heavy (non-hydrogen) atoms. The monoisotopic (exact) mass is 419 g/mol. The van der Waals surface area contributed by atoms with Crippen LogP contribution in [0.2, 0.25) is 5.02 Å². The van der Waals surface area contributed by atoms with Gasteiger partial charge in [-0.2, -0.15) is 0 Å². The van der Waals surface area contributed by atoms with Gasteiger partial charge in [-0.05, 0) is 36.8 Å². The molecule has 0 aromatic heterocycles. The molecule has 0 spiro atoms. The maximum absolute atomic E-state index is 13.4. The van der Waals surface area contributed by atoms with E-state index < -0.39 is 11.1 Å². The number of anilines is 1. The number of benzene rings is 2. The third-order valence-corrected chi connectivity index (χ3v) is 5.49. The van der Waals surface area contributed by atoms with E-state index >= 15 is 0 Å². The number of hydrogen-bond donors (Lipinski definition) is 1. The number of carbonyl (C=O) groups is 2. The van der Waals surface area contributed by atoms with E-state index in [0.717, 1.165) is 6.42 Å². The Morgan fingerprint density at radius 3 is 2.71 bits per heavy atom. The lowest BCUT2D eigenvalue weighted by Crippen LogP contribution is -2.34. The molecular weight excluding hydrogens is 401 g/mol. The predicted octanol–water partition coefficient (Wildman–Crippen LogP) is 4.85. The Bertz CT molecular complexity index is 908. The van der Waals surface area contributed by atoms with Crippen LogP contribution in [0.1, 0.15) is 19.8 Å². The van der Waals surface area contributed by atoms with Gasteiger partial charge < -0.3 is 5.32 Å². The average molecular weight is 420 g/mol. The van der Waals surface area contributed by atoms with Crippen LogP contribution < -0.4 is 5.32 Å². The number of rotatable bonds is 6. The van der Waals surface area contributed by atoms with Crippen LogP contribution in [0.3, 0.4) is 0 Å². The first kappa shape index (κ1) is 20.4. The van der Waals surface area contributed by atoms with Crippen molar-refractivity contribution in [1.29, 1.82) is 0 Å². The standard InChI is InChI=1S/C20H19ClFN3O2S/c1-2-10-25-19(27)17(12-18(26)23-13-6-4-3-5-7-13)28-20(25)24-14-8-9-16(22)15(21)11-14/h3-9,11,17H,2,10,12H2,1H3,(H,23,26)/t17-/m0/s1. The zero-order valence-electron chi connectivity index (χ0n) is 15.2. The first-order valence-corrected chi connectivity index (χ1v) is 10.1. The molecule has 3 rings (SSSR count). The lowest BCUT2D eigenvalue weighted by molar-refractivity contribution is -0.128. The molecule has 1 aliphatic rings. The topological polar surface area (TPSA) is 61.8 Å². The minimum absolute atomic E-state index is 0.0306. The van der Waals surface area contributed by atoms with E-state index in [-0.39, 0.29) is 23.3 Å². The van der Waals surface area contributed by atoms with Gasteiger partial charge in [-0.1, -0.05) is 48.5 Å². The van der Waals surface area contributed by atoms with Crippen LogP contribution in [0.5, 0.6) is 0 Å². The van der Waals surface area contributed by atoms with Crippen LogP contribution in [0, 0.1) is 5.82 Å². The smallest absolute Gasteiger partial charge is 0.242 e. The molecule has 0 aliphatic carbocycles. The van der Waals surface area contributed by atoms with Crippen LogP contribution in [0.25, 0.3) is 0 Å². The number of thioether (sulfide) groups is 1. The van der Waals surface area contributed by atoms with Crippen molar-refractivity contribution >= 4 is 51.7 Å². The zero-order valence-corrected chi connectivity index (χ0v) is 16.8. The van der Waals surface area contributed by atoms with E-state index in [1.807, 2.05) is 25.1 Å². The van der Waals surface area contributed by atoms with E-state index in [4.69, 9.17) is 11.6 Å². The number of aliphatic imine (C=N–C) groups is 1. The highest BCUT2D eigenvalue weighted by molar-refractivity contribution is 8.15. The normalized spacial score (nSPS) is 18.0. The number of amidine groups is 1. The summed E-state index contributed by atoms with van der Waals surface area (Å²) in [6.07, 6.45) is 0.792. The quantitative estimate of drug-likeness (QED) is 0.728. The van der Waals surface area contributed by atoms with Crippen molar-refractivity contribution in [2.45, 2.75) is 25.0 Å². The SMILES string of the molecule is CCCN1C(=O)[C@H](CC(=O)Nc2ccccc2)SC1=Nc1ccc(F)c(Cl)c1. The average Bonchev–Trinajstić information content (AvgIpc) is 2.94. The first-order chi connectivity index (χ1) is 13.5. The molecule has 2 aromatic rings. The van der Waals surface area contributed by atoms with Gasteiger partial charge >= 0.3 is 0 Å². The summed E-state index contributed by atoms with van der Waals surface area (Å²) >= 11 is 7.05. The van der Waals surface area contributed by atoms with Crippen molar-refractivity contribution in [3.8, 4) is 0 Å². The Morgan fingerprint density at radius 2 is 2.04 bits per heavy atom. The largest absolute Gasteiger partial charge is 0.326 e. The van der Waals surface area contributed by atoms with Gasteiger partial charge in [-0.3, -0.25) is 14.5 Å². The number of carbonyl (C=O) groups excluding carboxylic acids is 2. The molecule has 2 aromatic carbocycles. The molecule has 0 bridgehead atoms. The molecule has 146 valence electrons. The fraction of sp³-hybridized carbons (Fsp3) is 0.250. The number of amides is 2. The summed E-state index contributed by atoms with van der Waals surface area (Å²) in [5.74, 6) is -0.914. The highest BCUT2D eigenvalue weighted by atomic mass is 35.5. The van der Waals surface area contributed by atoms with Crippen molar-refractivity contribution in [2.75, 3.05) is 11.9 Å². The van der Waals surface area contributed by atoms with Gasteiger partial charge in [0.2, 0.25) is 11.8 Å². The molecule has 0 unspecified atom stereocenters. The van der Waals surface area contributed by atoms with Crippen molar-refractivity contribution < 1.29 is 14.0 Å². The molecule has 8 heteroatoms. The summed E-state index contributed by atoms with van der Waals surface area (Å²) in [5.41, 5.74) is 1.14. The molecule has 1 fully saturated rings. The van der Waals surface area contributed by atoms with Crippen molar-refractivity contribution in [1.82, 2.24) is 4.90 Å². The number of para-hydroxylation sites is 1. The summed E-state index contributed by atoms with van der Waals surface area (Å²) in [4.78, 5) is 31.1. The number of hydrogen-bond acceptors (Lipinski definition) is 4. The first-order valence-electron chi connectivity index (χ1n) is 8.84. The summed E-state index contributed by atoms with van der Waals surface area (Å²) in [6.45, 7) is 2.45. The third-order valence-electron chi connectivity index (χ3n) is 4.02. The molecule has 1 N–H and O–H groups in total. The number of halogens is 2. The van der Waals surface area contributed by atoms with Crippen molar-refractivity contribution in [2.24, 2.45) is 4.99 Å². The maximum Gasteiger partial charge on any atom is 0.242 e. The van der Waals surface area contributed by atoms with Gasteiger partial charge in [0.25, 0.3) is 0 Å². The number of nitrogens with one attached hydrogen (secondary N) is 1. The molecule has 2 amide bonds. The lowest BCUT2D eigenvalue weighted by Gasteiger charge is -2.15. The van der Waals surface area contributed by atoms with Gasteiger partial charge in [-0.15, -0.1) is 0 Å². The second kappa shape index (κ2) is 9.21. The van der Waals surface area contributed by atoms with Gasteiger partial charge in [0, 0.05) is 18.7 Å². The predicted molar refractivity (Wildman–Crippen MR) is 112 cm³/mol. The lowest BCUT2D eigenvalue weighted by atomic mass is 10.2. The molecular formula is C20H19ClFN3O2S. The molecule has 0 saturated carbocycles. The van der Waals surface area contributed by atoms with Crippen molar-refractivity contribution in [3.05, 3.63) is 59.4 Å². The van der Waals surface area contributed by atoms with Crippen LogP contribution in [0.15, 0.2) is 53.5 Å². The minimum atomic E-state index is -0.551. The molecule has 1 saturated heterocycles. The Balaban J connectivity index is 1.75. The summed E-state index contributed by atoms with van der Waals surface area (Å²) in [6, 6.07) is 13.2. The van der Waals surface area contributed by atoms with Crippen LogP contribution >= 0.6 is 23.4 Å². The molecule has 1 aliphatic heterocycles. The summed E-state index contributed by atoms with van der Waals surface area (Å²) in [7, 11) is 0. The number of nitrogens with zero attached hydrogens (tertiary/aromatic N) is 2. The molecule has 1 atom stereocenters. The maximum atomic E-state index is 13.4. The summed E-state index contributed by atoms with van der Waals surface area (Å²) in [5, 5.41) is 2.70. The second-order valence-corrected chi connectivity index (χ2v) is 7.78. The van der Waals surface area contributed by atoms with Crippen molar-refractivity contribution in [3.63, 3.8) is 0 Å². The second-order valence-electron chi connectivity index (χ2n) is 6.21. The van der Waals surface area contributed by atoms with E-state index in [1.54, 1.807) is 17.0 Å². The van der Waals surface area contributed by atoms with Gasteiger partial charge in [0.15, 0.2) is 5.17 Å². The van der Waals surface area contributed by atoms with Crippen LogP contribution in [0.4, 0.5) is 15.8 Å². The minimum Gasteiger partial charge on any atom is -0.326 e. The Morgan fingerprint density at radius 1 is 1.29 bits per heavy atom. The fourth-order valence-corrected chi connectivity index (χ4v) is 4.08. The zero-order chi connectivity index (χ0) is 20.1. The molecule has 5 nitrogen and oxygen atoms in total. The van der Waals surface area contributed by atoms with E-state index in [1.165, 1.54) is 30.0 Å². The van der Waals surface area contributed by atoms with Crippen LogP contribution in [-0.2, 0) is 9.59 Å².